The summed E-state index contributed by atoms with van der Waals surface area (Å²) in [6, 6.07) is 22.6. The monoisotopic (exact) mass is 628 g/mol. The minimum absolute atomic E-state index is 0.0153. The summed E-state index contributed by atoms with van der Waals surface area (Å²) >= 11 is 0. The van der Waals surface area contributed by atoms with Crippen LogP contribution in [-0.4, -0.2) is 20.5 Å². The summed E-state index contributed by atoms with van der Waals surface area (Å²) in [5, 5.41) is 0. The van der Waals surface area contributed by atoms with Crippen LogP contribution in [0.2, 0.25) is 0 Å². The fourth-order valence-corrected chi connectivity index (χ4v) is 7.10. The Morgan fingerprint density at radius 3 is 2.60 bits per heavy atom. The zero-order valence-electron chi connectivity index (χ0n) is 27.4. The second kappa shape index (κ2) is 12.2. The number of aliphatic imine (C=N–C) groups is 1. The Kier molecular flexibility index (Phi) is 7.60. The van der Waals surface area contributed by atoms with Crippen molar-refractivity contribution in [2.24, 2.45) is 16.8 Å². The summed E-state index contributed by atoms with van der Waals surface area (Å²) in [5.74, 6) is 0.390. The van der Waals surface area contributed by atoms with Gasteiger partial charge in [-0.3, -0.25) is 9.98 Å². The van der Waals surface area contributed by atoms with Crippen LogP contribution in [0.4, 0.5) is 4.39 Å². The highest BCUT2D eigenvalue weighted by Gasteiger charge is 2.27. The first-order valence-corrected chi connectivity index (χ1v) is 16.7. The highest BCUT2D eigenvalue weighted by molar-refractivity contribution is 5.86. The number of hydrogen-bond acceptors (Lipinski definition) is 3. The number of rotatable bonds is 6. The fourth-order valence-electron chi connectivity index (χ4n) is 7.10. The van der Waals surface area contributed by atoms with Crippen LogP contribution < -0.4 is 0 Å². The van der Waals surface area contributed by atoms with Gasteiger partial charge in [0.05, 0.1) is 11.7 Å². The first-order chi connectivity index (χ1) is 23.4. The van der Waals surface area contributed by atoms with Crippen molar-refractivity contribution in [2.75, 3.05) is 0 Å². The molecule has 0 bridgehead atoms. The predicted octanol–water partition coefficient (Wildman–Crippen LogP) is 10.6. The van der Waals surface area contributed by atoms with Gasteiger partial charge >= 0.3 is 0 Å². The van der Waals surface area contributed by atoms with E-state index in [1.165, 1.54) is 28.5 Å². The third-order valence-corrected chi connectivity index (χ3v) is 9.83. The quantitative estimate of drug-likeness (QED) is 0.187. The molecule has 5 aromatic rings. The molecular weight excluding hydrogens is 591 g/mol. The fraction of sp³-hybridized carbons (Fsp3) is 0.163. The molecule has 48 heavy (non-hydrogen) atoms. The summed E-state index contributed by atoms with van der Waals surface area (Å²) in [6.45, 7) is 6.19. The van der Waals surface area contributed by atoms with Gasteiger partial charge in [-0.15, -0.1) is 0 Å². The van der Waals surface area contributed by atoms with Crippen molar-refractivity contribution in [1.82, 2.24) is 14.3 Å². The number of hydrogen-bond donors (Lipinski definition) is 0. The minimum atomic E-state index is -0.214. The number of fused-ring (bicyclic) bond motifs is 2. The molecule has 0 N–H and O–H groups in total. The highest BCUT2D eigenvalue weighted by atomic mass is 19.1. The van der Waals surface area contributed by atoms with Crippen LogP contribution in [0.1, 0.15) is 36.1 Å². The van der Waals surface area contributed by atoms with Gasteiger partial charge in [0.15, 0.2) is 0 Å². The number of allylic oxidation sites excluding steroid dienone is 5. The Balaban J connectivity index is 1.16. The third kappa shape index (κ3) is 5.45. The number of aromatic nitrogens is 2. The molecule has 0 saturated heterocycles. The molecule has 3 atom stereocenters. The molecule has 0 amide bonds. The Labute approximate surface area is 281 Å². The normalized spacial score (nSPS) is 19.8. The van der Waals surface area contributed by atoms with Gasteiger partial charge in [-0.05, 0) is 126 Å². The number of aryl methyl sites for hydroxylation is 2. The lowest BCUT2D eigenvalue weighted by Crippen LogP contribution is -2.20. The summed E-state index contributed by atoms with van der Waals surface area (Å²) in [5.41, 5.74) is 12.5. The molecule has 3 aromatic heterocycles. The molecule has 0 saturated carbocycles. The average molecular weight is 629 g/mol. The second-order valence-electron chi connectivity index (χ2n) is 12.9. The Morgan fingerprint density at radius 1 is 0.833 bits per heavy atom. The van der Waals surface area contributed by atoms with Crippen molar-refractivity contribution in [3.63, 3.8) is 0 Å². The van der Waals surface area contributed by atoms with E-state index in [1.807, 2.05) is 36.8 Å². The van der Waals surface area contributed by atoms with E-state index in [-0.39, 0.29) is 17.8 Å². The maximum Gasteiger partial charge on any atom is 0.126 e. The van der Waals surface area contributed by atoms with Crippen molar-refractivity contribution < 1.29 is 4.39 Å². The van der Waals surface area contributed by atoms with Crippen molar-refractivity contribution in [3.8, 4) is 33.5 Å². The van der Waals surface area contributed by atoms with E-state index in [1.54, 1.807) is 6.92 Å². The number of nitrogens with zero attached hydrogens (tertiary/aromatic N) is 4. The van der Waals surface area contributed by atoms with Crippen LogP contribution >= 0.6 is 0 Å². The molecule has 0 spiro atoms. The third-order valence-electron chi connectivity index (χ3n) is 9.83. The van der Waals surface area contributed by atoms with Gasteiger partial charge in [0.1, 0.15) is 5.82 Å². The zero-order valence-corrected chi connectivity index (χ0v) is 27.4. The Morgan fingerprint density at radius 2 is 1.75 bits per heavy atom. The molecule has 5 heteroatoms. The average Bonchev–Trinajstić information content (AvgIpc) is 3.60. The van der Waals surface area contributed by atoms with E-state index in [4.69, 9.17) is 9.98 Å². The summed E-state index contributed by atoms with van der Waals surface area (Å²) in [6.07, 6.45) is 26.9. The van der Waals surface area contributed by atoms with E-state index in [0.717, 1.165) is 45.4 Å². The van der Waals surface area contributed by atoms with E-state index in [2.05, 4.69) is 121 Å². The van der Waals surface area contributed by atoms with E-state index < -0.39 is 0 Å². The summed E-state index contributed by atoms with van der Waals surface area (Å²) in [7, 11) is 0. The molecule has 236 valence electrons. The predicted molar refractivity (Wildman–Crippen MR) is 195 cm³/mol. The summed E-state index contributed by atoms with van der Waals surface area (Å²) in [4.78, 5) is 12.2. The first-order valence-electron chi connectivity index (χ1n) is 16.7. The SMILES string of the molecule is CCC1C=CN2C=CC(C3C=CC=NC3c3ccc(-c4cnc(-c5ccc(F)c(C)c5)c(-c5ccn6cccc6c5)c4)c(C)c3)=CC2=C1. The molecule has 3 unspecified atom stereocenters. The van der Waals surface area contributed by atoms with Crippen molar-refractivity contribution in [2.45, 2.75) is 33.2 Å². The number of dihydropyridines is 1. The van der Waals surface area contributed by atoms with Crippen LogP contribution in [0.25, 0.3) is 39.0 Å². The zero-order chi connectivity index (χ0) is 32.8. The number of pyridine rings is 2. The van der Waals surface area contributed by atoms with Gasteiger partial charge in [-0.25, -0.2) is 4.39 Å². The minimum Gasteiger partial charge on any atom is -0.324 e. The van der Waals surface area contributed by atoms with Crippen LogP contribution in [-0.2, 0) is 0 Å². The lowest BCUT2D eigenvalue weighted by atomic mass is 9.82. The Hall–Kier alpha value is -5.55. The van der Waals surface area contributed by atoms with Gasteiger partial charge in [-0.1, -0.05) is 43.4 Å². The van der Waals surface area contributed by atoms with Crippen molar-refractivity contribution in [1.29, 1.82) is 0 Å². The van der Waals surface area contributed by atoms with Crippen LogP contribution in [0.5, 0.6) is 0 Å². The van der Waals surface area contributed by atoms with Gasteiger partial charge < -0.3 is 9.30 Å². The van der Waals surface area contributed by atoms with Crippen LogP contribution in [0, 0.1) is 31.5 Å². The molecule has 2 aromatic carbocycles. The topological polar surface area (TPSA) is 32.9 Å². The number of benzene rings is 2. The molecule has 0 radical (unpaired) electrons. The lowest BCUT2D eigenvalue weighted by molar-refractivity contribution is 0.562. The number of halogens is 1. The van der Waals surface area contributed by atoms with E-state index >= 15 is 0 Å². The van der Waals surface area contributed by atoms with Gasteiger partial charge in [-0.2, -0.15) is 0 Å². The lowest BCUT2D eigenvalue weighted by Gasteiger charge is -2.31. The standard InChI is InChI=1S/C43H37FN4/c1-4-30-13-18-48-20-14-31(25-37(48)23-30)39-8-5-16-45-42(39)33-9-11-38(28(2)21-33)35-26-40(32-15-19-47-17-6-7-36(47)24-32)43(46-27-35)34-10-12-41(44)29(3)22-34/h5-27,30,39,42H,4H2,1-3H3. The first kappa shape index (κ1) is 29.8. The smallest absolute Gasteiger partial charge is 0.126 e. The molecular formula is C43H37FN4. The maximum absolute atomic E-state index is 14.2. The van der Waals surface area contributed by atoms with Gasteiger partial charge in [0, 0.05) is 71.0 Å². The van der Waals surface area contributed by atoms with Crippen LogP contribution in [0.3, 0.4) is 0 Å². The largest absolute Gasteiger partial charge is 0.324 e. The molecule has 4 nitrogen and oxygen atoms in total. The molecule has 0 aliphatic carbocycles. The van der Waals surface area contributed by atoms with Gasteiger partial charge in [0.25, 0.3) is 0 Å². The molecule has 8 rings (SSSR count). The Bertz CT molecular complexity index is 2240. The molecule has 3 aliphatic heterocycles. The van der Waals surface area contributed by atoms with Crippen molar-refractivity contribution >= 4 is 11.7 Å². The van der Waals surface area contributed by atoms with Gasteiger partial charge in [0.2, 0.25) is 0 Å². The van der Waals surface area contributed by atoms with Crippen molar-refractivity contribution in [3.05, 3.63) is 168 Å². The molecule has 3 aliphatic rings. The maximum atomic E-state index is 14.2. The van der Waals surface area contributed by atoms with Crippen LogP contribution in [0.15, 0.2) is 150 Å². The van der Waals surface area contributed by atoms with E-state index in [0.29, 0.717) is 11.5 Å². The highest BCUT2D eigenvalue weighted by Crippen LogP contribution is 2.41. The molecule has 6 heterocycles. The second-order valence-corrected chi connectivity index (χ2v) is 12.9. The molecule has 0 fully saturated rings. The summed E-state index contributed by atoms with van der Waals surface area (Å²) < 4.78 is 16.3. The van der Waals surface area contributed by atoms with E-state index in [9.17, 15) is 4.39 Å².